The summed E-state index contributed by atoms with van der Waals surface area (Å²) in [5.41, 5.74) is 9.67. The average Bonchev–Trinajstić information content (AvgIpc) is 3.11. The molecule has 3 rings (SSSR count). The molecule has 0 aliphatic carbocycles. The van der Waals surface area contributed by atoms with Crippen molar-refractivity contribution >= 4 is 11.6 Å². The van der Waals surface area contributed by atoms with E-state index < -0.39 is 12.2 Å². The van der Waals surface area contributed by atoms with E-state index >= 15 is 0 Å². The van der Waals surface area contributed by atoms with Crippen molar-refractivity contribution in [3.05, 3.63) is 59.9 Å². The van der Waals surface area contributed by atoms with Crippen molar-refractivity contribution in [2.24, 2.45) is 0 Å². The number of ether oxygens (including phenoxy) is 1. The summed E-state index contributed by atoms with van der Waals surface area (Å²) in [5, 5.41) is 5.84. The van der Waals surface area contributed by atoms with Gasteiger partial charge in [-0.25, -0.2) is 15.2 Å². The first-order valence-electron chi connectivity index (χ1n) is 8.44. The summed E-state index contributed by atoms with van der Waals surface area (Å²) >= 11 is 0. The molecule has 1 aliphatic heterocycles. The Morgan fingerprint density at radius 3 is 2.65 bits per heavy atom. The van der Waals surface area contributed by atoms with Gasteiger partial charge in [-0.3, -0.25) is 4.79 Å². The van der Waals surface area contributed by atoms with Gasteiger partial charge in [0.25, 0.3) is 0 Å². The van der Waals surface area contributed by atoms with Gasteiger partial charge in [-0.2, -0.15) is 5.53 Å². The van der Waals surface area contributed by atoms with Crippen molar-refractivity contribution in [3.63, 3.8) is 0 Å². The molecule has 0 saturated carbocycles. The predicted molar refractivity (Wildman–Crippen MR) is 96.5 cm³/mol. The van der Waals surface area contributed by atoms with Crippen LogP contribution in [0, 0.1) is 5.82 Å². The van der Waals surface area contributed by atoms with Gasteiger partial charge in [0.05, 0.1) is 12.3 Å². The molecule has 1 saturated heterocycles. The zero-order valence-electron chi connectivity index (χ0n) is 14.4. The number of nitrogens with one attached hydrogen (secondary N) is 5. The summed E-state index contributed by atoms with van der Waals surface area (Å²) in [5.74, 6) is 0.197. The van der Waals surface area contributed by atoms with Crippen LogP contribution in [0.1, 0.15) is 12.5 Å². The van der Waals surface area contributed by atoms with Crippen LogP contribution in [0.3, 0.4) is 0 Å². The third-order valence-electron chi connectivity index (χ3n) is 3.96. The number of rotatable bonds is 7. The van der Waals surface area contributed by atoms with Gasteiger partial charge in [0.15, 0.2) is 0 Å². The highest BCUT2D eigenvalue weighted by atomic mass is 19.1. The Bertz CT molecular complexity index is 741. The fourth-order valence-electron chi connectivity index (χ4n) is 2.62. The molecule has 1 amide bonds. The summed E-state index contributed by atoms with van der Waals surface area (Å²) in [6.07, 6.45) is -0.507. The molecule has 5 N–H and O–H groups in total. The molecule has 2 atom stereocenters. The minimum absolute atomic E-state index is 0.217. The first-order chi connectivity index (χ1) is 12.7. The van der Waals surface area contributed by atoms with E-state index in [1.807, 2.05) is 31.2 Å². The fourth-order valence-corrected chi connectivity index (χ4v) is 2.62. The average molecular weight is 359 g/mol. The van der Waals surface area contributed by atoms with Gasteiger partial charge in [0, 0.05) is 6.54 Å². The van der Waals surface area contributed by atoms with Crippen LogP contribution in [-0.2, 0) is 11.3 Å². The molecule has 138 valence electrons. The lowest BCUT2D eigenvalue weighted by Crippen LogP contribution is -2.50. The van der Waals surface area contributed by atoms with Crippen molar-refractivity contribution in [2.75, 3.05) is 11.9 Å². The molecule has 7 nitrogen and oxygen atoms in total. The lowest BCUT2D eigenvalue weighted by Gasteiger charge is -2.20. The SMILES string of the molecule is CCOc1ccc(CNC(=O)C2NNNC2Nc2ccccc2F)cc1. The van der Waals surface area contributed by atoms with Gasteiger partial charge in [0.1, 0.15) is 23.8 Å². The highest BCUT2D eigenvalue weighted by Gasteiger charge is 2.32. The summed E-state index contributed by atoms with van der Waals surface area (Å²) in [4.78, 5) is 12.5. The second-order valence-electron chi connectivity index (χ2n) is 5.79. The van der Waals surface area contributed by atoms with Crippen LogP contribution in [0.5, 0.6) is 5.75 Å². The molecule has 0 radical (unpaired) electrons. The van der Waals surface area contributed by atoms with Crippen LogP contribution >= 0.6 is 0 Å². The zero-order valence-corrected chi connectivity index (χ0v) is 14.4. The molecule has 26 heavy (non-hydrogen) atoms. The number of amides is 1. The van der Waals surface area contributed by atoms with E-state index in [2.05, 4.69) is 27.0 Å². The minimum atomic E-state index is -0.614. The third-order valence-corrected chi connectivity index (χ3v) is 3.96. The topological polar surface area (TPSA) is 86.5 Å². The number of benzene rings is 2. The smallest absolute Gasteiger partial charge is 0.242 e. The highest BCUT2D eigenvalue weighted by Crippen LogP contribution is 2.15. The van der Waals surface area contributed by atoms with Crippen LogP contribution in [-0.4, -0.2) is 24.7 Å². The lowest BCUT2D eigenvalue weighted by atomic mass is 10.2. The number of para-hydroxylation sites is 1. The molecule has 1 heterocycles. The van der Waals surface area contributed by atoms with Crippen molar-refractivity contribution in [3.8, 4) is 5.75 Å². The number of hydrazine groups is 2. The molecular formula is C18H22FN5O2. The van der Waals surface area contributed by atoms with Gasteiger partial charge in [0.2, 0.25) is 5.91 Å². The molecule has 0 aromatic heterocycles. The van der Waals surface area contributed by atoms with E-state index in [0.717, 1.165) is 11.3 Å². The van der Waals surface area contributed by atoms with E-state index in [4.69, 9.17) is 4.74 Å². The van der Waals surface area contributed by atoms with Crippen molar-refractivity contribution in [1.82, 2.24) is 21.7 Å². The summed E-state index contributed by atoms with van der Waals surface area (Å²) < 4.78 is 19.2. The van der Waals surface area contributed by atoms with Crippen molar-refractivity contribution in [2.45, 2.75) is 25.7 Å². The van der Waals surface area contributed by atoms with E-state index in [9.17, 15) is 9.18 Å². The van der Waals surface area contributed by atoms with Gasteiger partial charge >= 0.3 is 0 Å². The largest absolute Gasteiger partial charge is 0.494 e. The fraction of sp³-hybridized carbons (Fsp3) is 0.278. The first-order valence-corrected chi connectivity index (χ1v) is 8.44. The Labute approximate surface area is 151 Å². The number of anilines is 1. The van der Waals surface area contributed by atoms with Crippen LogP contribution in [0.25, 0.3) is 0 Å². The van der Waals surface area contributed by atoms with E-state index in [0.29, 0.717) is 18.8 Å². The van der Waals surface area contributed by atoms with Gasteiger partial charge < -0.3 is 15.4 Å². The van der Waals surface area contributed by atoms with Crippen LogP contribution in [0.2, 0.25) is 0 Å². The number of carbonyl (C=O) groups excluding carboxylic acids is 1. The molecule has 1 fully saturated rings. The van der Waals surface area contributed by atoms with E-state index in [1.54, 1.807) is 18.2 Å². The molecule has 0 spiro atoms. The molecule has 2 unspecified atom stereocenters. The molecular weight excluding hydrogens is 337 g/mol. The quantitative estimate of drug-likeness (QED) is 0.512. The predicted octanol–water partition coefficient (Wildman–Crippen LogP) is 1.26. The zero-order chi connectivity index (χ0) is 18.4. The van der Waals surface area contributed by atoms with Gasteiger partial charge in [-0.1, -0.05) is 24.3 Å². The number of hydrogen-bond acceptors (Lipinski definition) is 6. The first kappa shape index (κ1) is 18.1. The van der Waals surface area contributed by atoms with Crippen LogP contribution < -0.4 is 31.8 Å². The Hall–Kier alpha value is -2.68. The molecule has 2 aromatic rings. The number of hydrogen-bond donors (Lipinski definition) is 5. The van der Waals surface area contributed by atoms with E-state index in [1.165, 1.54) is 6.07 Å². The second kappa shape index (κ2) is 8.61. The monoisotopic (exact) mass is 359 g/mol. The highest BCUT2D eigenvalue weighted by molar-refractivity contribution is 5.83. The normalized spacial score (nSPS) is 19.2. The molecule has 8 heteroatoms. The molecule has 0 bridgehead atoms. The summed E-state index contributed by atoms with van der Waals surface area (Å²) in [7, 11) is 0. The third kappa shape index (κ3) is 4.48. The van der Waals surface area contributed by atoms with Crippen molar-refractivity contribution < 1.29 is 13.9 Å². The Kier molecular flexibility index (Phi) is 6.00. The maximum atomic E-state index is 13.8. The van der Waals surface area contributed by atoms with Crippen LogP contribution in [0.15, 0.2) is 48.5 Å². The van der Waals surface area contributed by atoms with Crippen LogP contribution in [0.4, 0.5) is 10.1 Å². The number of carbonyl (C=O) groups is 1. The maximum absolute atomic E-state index is 13.8. The van der Waals surface area contributed by atoms with Crippen molar-refractivity contribution in [1.29, 1.82) is 0 Å². The number of halogens is 1. The Morgan fingerprint density at radius 2 is 1.92 bits per heavy atom. The molecule has 2 aromatic carbocycles. The summed E-state index contributed by atoms with van der Waals surface area (Å²) in [6, 6.07) is 13.2. The summed E-state index contributed by atoms with van der Waals surface area (Å²) in [6.45, 7) is 2.92. The minimum Gasteiger partial charge on any atom is -0.494 e. The standard InChI is InChI=1S/C18H22FN5O2/c1-2-26-13-9-7-12(8-10-13)11-20-18(25)16-17(23-24-22-16)21-15-6-4-3-5-14(15)19/h3-10,16-17,21-24H,2,11H2,1H3,(H,20,25). The van der Waals surface area contributed by atoms with Gasteiger partial charge in [-0.05, 0) is 36.8 Å². The Morgan fingerprint density at radius 1 is 1.15 bits per heavy atom. The lowest BCUT2D eigenvalue weighted by molar-refractivity contribution is -0.123. The molecule has 1 aliphatic rings. The maximum Gasteiger partial charge on any atom is 0.242 e. The van der Waals surface area contributed by atoms with E-state index in [-0.39, 0.29) is 11.7 Å². The Balaban J connectivity index is 1.55. The van der Waals surface area contributed by atoms with Gasteiger partial charge in [-0.15, -0.1) is 0 Å². The second-order valence-corrected chi connectivity index (χ2v) is 5.79.